The molecule has 15 heavy (non-hydrogen) atoms. The molecule has 1 fully saturated rings. The zero-order valence-corrected chi connectivity index (χ0v) is 9.40. The summed E-state index contributed by atoms with van der Waals surface area (Å²) in [4.78, 5) is 2.33. The third kappa shape index (κ3) is 2.26. The Hall–Kier alpha value is -1.16. The van der Waals surface area contributed by atoms with E-state index in [1.165, 1.54) is 12.8 Å². The molecule has 1 unspecified atom stereocenters. The summed E-state index contributed by atoms with van der Waals surface area (Å²) in [5, 5.41) is 11.5. The van der Waals surface area contributed by atoms with Gasteiger partial charge in [-0.3, -0.25) is 0 Å². The van der Waals surface area contributed by atoms with Crippen molar-refractivity contribution in [3.8, 4) is 0 Å². The Kier molecular flexibility index (Phi) is 3.16. The van der Waals surface area contributed by atoms with Crippen LogP contribution in [0.1, 0.15) is 25.5 Å². The van der Waals surface area contributed by atoms with Crippen molar-refractivity contribution in [1.29, 1.82) is 0 Å². The Balaban J connectivity index is 2.09. The molecular weight excluding hydrogens is 188 g/mol. The molecule has 1 aromatic heterocycles. The van der Waals surface area contributed by atoms with Crippen LogP contribution in [0.4, 0.5) is 5.82 Å². The third-order valence-corrected chi connectivity index (χ3v) is 2.91. The second-order valence-electron chi connectivity index (χ2n) is 4.10. The molecule has 4 heteroatoms. The van der Waals surface area contributed by atoms with Gasteiger partial charge in [-0.25, -0.2) is 0 Å². The number of nitrogens with one attached hydrogen (secondary N) is 1. The van der Waals surface area contributed by atoms with Gasteiger partial charge in [-0.05, 0) is 38.9 Å². The summed E-state index contributed by atoms with van der Waals surface area (Å²) in [5.74, 6) is 1.01. The summed E-state index contributed by atoms with van der Waals surface area (Å²) >= 11 is 0. The summed E-state index contributed by atoms with van der Waals surface area (Å²) in [6.45, 7) is 4.14. The molecule has 0 bridgehead atoms. The standard InChI is InChI=1S/C11H18N4/c1-9-4-3-7-15(9)11-6-5-10(8-12-2)13-14-11/h5-6,9,12H,3-4,7-8H2,1-2H3. The molecule has 2 heterocycles. The van der Waals surface area contributed by atoms with E-state index in [1.54, 1.807) is 0 Å². The normalized spacial score (nSPS) is 20.9. The predicted octanol–water partition coefficient (Wildman–Crippen LogP) is 1.18. The first kappa shape index (κ1) is 10.4. The van der Waals surface area contributed by atoms with E-state index < -0.39 is 0 Å². The molecule has 82 valence electrons. The first-order valence-corrected chi connectivity index (χ1v) is 5.55. The lowest BCUT2D eigenvalue weighted by atomic mass is 10.2. The second kappa shape index (κ2) is 4.57. The Bertz CT molecular complexity index is 309. The molecule has 0 radical (unpaired) electrons. The van der Waals surface area contributed by atoms with E-state index in [0.29, 0.717) is 6.04 Å². The first-order chi connectivity index (χ1) is 7.31. The maximum absolute atomic E-state index is 4.27. The molecule has 2 rings (SSSR count). The summed E-state index contributed by atoms with van der Waals surface area (Å²) in [6.07, 6.45) is 2.53. The lowest BCUT2D eigenvalue weighted by Gasteiger charge is -2.21. The van der Waals surface area contributed by atoms with E-state index in [1.807, 2.05) is 13.1 Å². The van der Waals surface area contributed by atoms with Crippen molar-refractivity contribution in [2.45, 2.75) is 32.4 Å². The van der Waals surface area contributed by atoms with E-state index in [-0.39, 0.29) is 0 Å². The second-order valence-corrected chi connectivity index (χ2v) is 4.10. The van der Waals surface area contributed by atoms with Crippen molar-refractivity contribution in [3.63, 3.8) is 0 Å². The van der Waals surface area contributed by atoms with Crippen LogP contribution in [0.3, 0.4) is 0 Å². The molecule has 4 nitrogen and oxygen atoms in total. The largest absolute Gasteiger partial charge is 0.352 e. The average Bonchev–Trinajstić information content (AvgIpc) is 2.66. The summed E-state index contributed by atoms with van der Waals surface area (Å²) < 4.78 is 0. The Morgan fingerprint density at radius 3 is 2.87 bits per heavy atom. The fourth-order valence-electron chi connectivity index (χ4n) is 2.06. The van der Waals surface area contributed by atoms with Crippen molar-refractivity contribution in [3.05, 3.63) is 17.8 Å². The fourth-order valence-corrected chi connectivity index (χ4v) is 2.06. The van der Waals surface area contributed by atoms with Crippen LogP contribution in [0.25, 0.3) is 0 Å². The van der Waals surface area contributed by atoms with Crippen LogP contribution in [0.2, 0.25) is 0 Å². The zero-order valence-electron chi connectivity index (χ0n) is 9.40. The average molecular weight is 206 g/mol. The lowest BCUT2D eigenvalue weighted by Crippen LogP contribution is -2.27. The summed E-state index contributed by atoms with van der Waals surface area (Å²) in [7, 11) is 1.91. The van der Waals surface area contributed by atoms with Crippen molar-refractivity contribution >= 4 is 5.82 Å². The highest BCUT2D eigenvalue weighted by molar-refractivity contribution is 5.39. The van der Waals surface area contributed by atoms with Gasteiger partial charge < -0.3 is 10.2 Å². The molecule has 1 atom stereocenters. The smallest absolute Gasteiger partial charge is 0.151 e. The molecule has 0 spiro atoms. The van der Waals surface area contributed by atoms with Crippen LogP contribution < -0.4 is 10.2 Å². The molecule has 1 saturated heterocycles. The number of rotatable bonds is 3. The van der Waals surface area contributed by atoms with E-state index >= 15 is 0 Å². The van der Waals surface area contributed by atoms with E-state index in [0.717, 1.165) is 24.6 Å². The molecule has 0 aromatic carbocycles. The van der Waals surface area contributed by atoms with Gasteiger partial charge in [0.1, 0.15) is 0 Å². The number of hydrogen-bond acceptors (Lipinski definition) is 4. The van der Waals surface area contributed by atoms with Crippen LogP contribution in [-0.4, -0.2) is 29.8 Å². The van der Waals surface area contributed by atoms with E-state index in [4.69, 9.17) is 0 Å². The van der Waals surface area contributed by atoms with Gasteiger partial charge >= 0.3 is 0 Å². The maximum Gasteiger partial charge on any atom is 0.151 e. The Labute approximate surface area is 90.7 Å². The SMILES string of the molecule is CNCc1ccc(N2CCCC2C)nn1. The van der Waals surface area contributed by atoms with Crippen LogP contribution in [-0.2, 0) is 6.54 Å². The van der Waals surface area contributed by atoms with Crippen molar-refractivity contribution in [2.24, 2.45) is 0 Å². The van der Waals surface area contributed by atoms with E-state index in [2.05, 4.69) is 33.4 Å². The monoisotopic (exact) mass is 206 g/mol. The quantitative estimate of drug-likeness (QED) is 0.806. The van der Waals surface area contributed by atoms with Gasteiger partial charge in [-0.1, -0.05) is 0 Å². The van der Waals surface area contributed by atoms with Crippen LogP contribution in [0.5, 0.6) is 0 Å². The van der Waals surface area contributed by atoms with Crippen molar-refractivity contribution < 1.29 is 0 Å². The van der Waals surface area contributed by atoms with Gasteiger partial charge in [0, 0.05) is 19.1 Å². The van der Waals surface area contributed by atoms with Crippen LogP contribution in [0.15, 0.2) is 12.1 Å². The minimum atomic E-state index is 0.606. The van der Waals surface area contributed by atoms with Crippen molar-refractivity contribution in [2.75, 3.05) is 18.5 Å². The molecule has 1 aliphatic rings. The maximum atomic E-state index is 4.27. The highest BCUT2D eigenvalue weighted by atomic mass is 15.3. The van der Waals surface area contributed by atoms with E-state index in [9.17, 15) is 0 Å². The summed E-state index contributed by atoms with van der Waals surface area (Å²) in [6, 6.07) is 4.72. The Morgan fingerprint density at radius 2 is 2.33 bits per heavy atom. The van der Waals surface area contributed by atoms with Gasteiger partial charge in [-0.15, -0.1) is 5.10 Å². The van der Waals surface area contributed by atoms with Crippen LogP contribution in [0, 0.1) is 0 Å². The minimum absolute atomic E-state index is 0.606. The zero-order chi connectivity index (χ0) is 10.7. The Morgan fingerprint density at radius 1 is 1.47 bits per heavy atom. The number of hydrogen-bond donors (Lipinski definition) is 1. The first-order valence-electron chi connectivity index (χ1n) is 5.55. The number of anilines is 1. The number of nitrogens with zero attached hydrogens (tertiary/aromatic N) is 3. The number of aromatic nitrogens is 2. The van der Waals surface area contributed by atoms with Gasteiger partial charge in [0.05, 0.1) is 5.69 Å². The molecule has 1 N–H and O–H groups in total. The third-order valence-electron chi connectivity index (χ3n) is 2.91. The molecule has 0 aliphatic carbocycles. The fraction of sp³-hybridized carbons (Fsp3) is 0.636. The topological polar surface area (TPSA) is 41.0 Å². The predicted molar refractivity (Wildman–Crippen MR) is 60.8 cm³/mol. The molecule has 0 saturated carbocycles. The van der Waals surface area contributed by atoms with Gasteiger partial charge in [0.2, 0.25) is 0 Å². The molecule has 0 amide bonds. The lowest BCUT2D eigenvalue weighted by molar-refractivity contribution is 0.711. The van der Waals surface area contributed by atoms with Gasteiger partial charge in [-0.2, -0.15) is 5.10 Å². The highest BCUT2D eigenvalue weighted by Crippen LogP contribution is 2.22. The molecule has 1 aromatic rings. The van der Waals surface area contributed by atoms with Crippen LogP contribution >= 0.6 is 0 Å². The van der Waals surface area contributed by atoms with Gasteiger partial charge in [0.25, 0.3) is 0 Å². The molecule has 1 aliphatic heterocycles. The summed E-state index contributed by atoms with van der Waals surface area (Å²) in [5.41, 5.74) is 0.994. The molecular formula is C11H18N4. The highest BCUT2D eigenvalue weighted by Gasteiger charge is 2.21. The minimum Gasteiger partial charge on any atom is -0.352 e. The van der Waals surface area contributed by atoms with Crippen molar-refractivity contribution in [1.82, 2.24) is 15.5 Å². The van der Waals surface area contributed by atoms with Gasteiger partial charge in [0.15, 0.2) is 5.82 Å².